The Balaban J connectivity index is 0.00000338. The highest BCUT2D eigenvalue weighted by atomic mass is 127. The Bertz CT molecular complexity index is 677. The van der Waals surface area contributed by atoms with Crippen molar-refractivity contribution in [2.75, 3.05) is 45.3 Å². The van der Waals surface area contributed by atoms with Gasteiger partial charge in [0.25, 0.3) is 0 Å². The van der Waals surface area contributed by atoms with E-state index in [0.29, 0.717) is 18.9 Å². The topological polar surface area (TPSA) is 71.0 Å². The molecule has 1 N–H and O–H groups in total. The molecule has 8 heteroatoms. The van der Waals surface area contributed by atoms with Gasteiger partial charge in [-0.2, -0.15) is 0 Å². The van der Waals surface area contributed by atoms with E-state index >= 15 is 0 Å². The molecule has 0 aliphatic carbocycles. The minimum absolute atomic E-state index is 0. The molecule has 2 rings (SSSR count). The number of hydrogen-bond donors (Lipinski definition) is 1. The van der Waals surface area contributed by atoms with Gasteiger partial charge in [0.05, 0.1) is 12.9 Å². The highest BCUT2D eigenvalue weighted by Crippen LogP contribution is 2.28. The van der Waals surface area contributed by atoms with E-state index in [2.05, 4.69) is 27.3 Å². The molecule has 1 fully saturated rings. The van der Waals surface area contributed by atoms with Gasteiger partial charge in [0.1, 0.15) is 15.6 Å². The van der Waals surface area contributed by atoms with Crippen LogP contribution in [0.5, 0.6) is 5.75 Å². The summed E-state index contributed by atoms with van der Waals surface area (Å²) in [5.74, 6) is 2.42. The van der Waals surface area contributed by atoms with Crippen LogP contribution < -0.4 is 10.1 Å². The van der Waals surface area contributed by atoms with E-state index in [0.717, 1.165) is 37.8 Å². The lowest BCUT2D eigenvalue weighted by Gasteiger charge is -2.21. The van der Waals surface area contributed by atoms with E-state index in [9.17, 15) is 8.42 Å². The Kier molecular flexibility index (Phi) is 9.70. The molecule has 1 aromatic rings. The second kappa shape index (κ2) is 11.0. The van der Waals surface area contributed by atoms with Crippen LogP contribution in [0.4, 0.5) is 0 Å². The minimum atomic E-state index is -2.92. The SMILES string of the molecule is CCNC(=NCCCS(C)(=O)=O)N1CCC(c2ccc(OC)cc2)C1.I. The van der Waals surface area contributed by atoms with Crippen molar-refractivity contribution in [3.63, 3.8) is 0 Å². The smallest absolute Gasteiger partial charge is 0.193 e. The predicted molar refractivity (Wildman–Crippen MR) is 118 cm³/mol. The van der Waals surface area contributed by atoms with Crippen molar-refractivity contribution in [1.29, 1.82) is 0 Å². The molecule has 0 radical (unpaired) electrons. The van der Waals surface area contributed by atoms with Crippen LogP contribution in [0.25, 0.3) is 0 Å². The summed E-state index contributed by atoms with van der Waals surface area (Å²) >= 11 is 0. The molecule has 0 saturated carbocycles. The number of ether oxygens (including phenoxy) is 1. The summed E-state index contributed by atoms with van der Waals surface area (Å²) in [6.45, 7) is 5.25. The molecule has 1 heterocycles. The Labute approximate surface area is 174 Å². The van der Waals surface area contributed by atoms with Crippen LogP contribution in [-0.4, -0.2) is 64.6 Å². The quantitative estimate of drug-likeness (QED) is 0.273. The van der Waals surface area contributed by atoms with Crippen LogP contribution in [0.15, 0.2) is 29.3 Å². The summed E-state index contributed by atoms with van der Waals surface area (Å²) in [4.78, 5) is 6.86. The van der Waals surface area contributed by atoms with Crippen molar-refractivity contribution in [2.24, 2.45) is 4.99 Å². The Morgan fingerprint density at radius 3 is 2.62 bits per heavy atom. The molecule has 0 amide bonds. The van der Waals surface area contributed by atoms with E-state index in [4.69, 9.17) is 4.74 Å². The van der Waals surface area contributed by atoms with Gasteiger partial charge in [0, 0.05) is 38.4 Å². The monoisotopic (exact) mass is 495 g/mol. The predicted octanol–water partition coefficient (Wildman–Crippen LogP) is 2.50. The molecule has 26 heavy (non-hydrogen) atoms. The third-order valence-corrected chi connectivity index (χ3v) is 5.37. The fraction of sp³-hybridized carbons (Fsp3) is 0.611. The number of guanidine groups is 1. The maximum atomic E-state index is 11.2. The van der Waals surface area contributed by atoms with Crippen LogP contribution in [0.1, 0.15) is 31.2 Å². The zero-order chi connectivity index (χ0) is 18.3. The first-order valence-corrected chi connectivity index (χ1v) is 10.8. The van der Waals surface area contributed by atoms with E-state index in [1.807, 2.05) is 19.1 Å². The Morgan fingerprint density at radius 2 is 2.04 bits per heavy atom. The van der Waals surface area contributed by atoms with Gasteiger partial charge in [0.15, 0.2) is 5.96 Å². The van der Waals surface area contributed by atoms with E-state index in [-0.39, 0.29) is 29.7 Å². The van der Waals surface area contributed by atoms with Crippen LogP contribution in [0, 0.1) is 0 Å². The Morgan fingerprint density at radius 1 is 1.35 bits per heavy atom. The maximum Gasteiger partial charge on any atom is 0.193 e. The number of aliphatic imine (C=N–C) groups is 1. The van der Waals surface area contributed by atoms with Crippen LogP contribution in [0.2, 0.25) is 0 Å². The number of hydrogen-bond acceptors (Lipinski definition) is 4. The number of nitrogens with one attached hydrogen (secondary N) is 1. The lowest BCUT2D eigenvalue weighted by atomic mass is 9.98. The molecule has 1 atom stereocenters. The third-order valence-electron chi connectivity index (χ3n) is 4.34. The molecule has 1 aliphatic rings. The number of methoxy groups -OCH3 is 1. The average Bonchev–Trinajstić information content (AvgIpc) is 3.07. The fourth-order valence-electron chi connectivity index (χ4n) is 3.04. The van der Waals surface area contributed by atoms with Crippen LogP contribution in [-0.2, 0) is 9.84 Å². The van der Waals surface area contributed by atoms with Gasteiger partial charge in [-0.25, -0.2) is 8.42 Å². The molecule has 1 unspecified atom stereocenters. The summed E-state index contributed by atoms with van der Waals surface area (Å²) in [7, 11) is -1.24. The first-order chi connectivity index (χ1) is 11.9. The highest BCUT2D eigenvalue weighted by Gasteiger charge is 2.26. The number of halogens is 1. The van der Waals surface area contributed by atoms with Crippen molar-refractivity contribution in [3.05, 3.63) is 29.8 Å². The molecule has 1 aliphatic heterocycles. The largest absolute Gasteiger partial charge is 0.497 e. The fourth-order valence-corrected chi connectivity index (χ4v) is 3.69. The minimum Gasteiger partial charge on any atom is -0.497 e. The van der Waals surface area contributed by atoms with Gasteiger partial charge in [-0.15, -0.1) is 24.0 Å². The van der Waals surface area contributed by atoms with Crippen molar-refractivity contribution in [1.82, 2.24) is 10.2 Å². The molecule has 0 aromatic heterocycles. The van der Waals surface area contributed by atoms with E-state index < -0.39 is 9.84 Å². The lowest BCUT2D eigenvalue weighted by Crippen LogP contribution is -2.40. The van der Waals surface area contributed by atoms with Crippen LogP contribution in [0.3, 0.4) is 0 Å². The van der Waals surface area contributed by atoms with Crippen molar-refractivity contribution >= 4 is 39.8 Å². The average molecular weight is 495 g/mol. The number of benzene rings is 1. The molecular weight excluding hydrogens is 465 g/mol. The summed E-state index contributed by atoms with van der Waals surface area (Å²) in [5, 5.41) is 3.32. The maximum absolute atomic E-state index is 11.2. The molecule has 148 valence electrons. The molecule has 0 bridgehead atoms. The van der Waals surface area contributed by atoms with Gasteiger partial charge >= 0.3 is 0 Å². The van der Waals surface area contributed by atoms with Crippen LogP contribution >= 0.6 is 24.0 Å². The van der Waals surface area contributed by atoms with E-state index in [1.54, 1.807) is 7.11 Å². The van der Waals surface area contributed by atoms with Gasteiger partial charge in [-0.05, 0) is 37.5 Å². The zero-order valence-electron chi connectivity index (χ0n) is 15.8. The van der Waals surface area contributed by atoms with Gasteiger partial charge in [-0.1, -0.05) is 12.1 Å². The van der Waals surface area contributed by atoms with Gasteiger partial charge in [0.2, 0.25) is 0 Å². The number of likely N-dealkylation sites (tertiary alicyclic amines) is 1. The summed E-state index contributed by atoms with van der Waals surface area (Å²) in [6.07, 6.45) is 2.91. The lowest BCUT2D eigenvalue weighted by molar-refractivity contribution is 0.414. The summed E-state index contributed by atoms with van der Waals surface area (Å²) in [5.41, 5.74) is 1.32. The molecule has 0 spiro atoms. The zero-order valence-corrected chi connectivity index (χ0v) is 18.9. The molecule has 1 aromatic carbocycles. The molecular formula is C18H30IN3O3S. The number of nitrogens with zero attached hydrogens (tertiary/aromatic N) is 2. The van der Waals surface area contributed by atoms with Gasteiger partial charge < -0.3 is 15.0 Å². The number of sulfone groups is 1. The first-order valence-electron chi connectivity index (χ1n) is 8.78. The van der Waals surface area contributed by atoms with Gasteiger partial charge in [-0.3, -0.25) is 4.99 Å². The third kappa shape index (κ3) is 7.30. The second-order valence-corrected chi connectivity index (χ2v) is 8.68. The number of rotatable bonds is 7. The molecule has 1 saturated heterocycles. The van der Waals surface area contributed by atoms with Crippen molar-refractivity contribution < 1.29 is 13.2 Å². The summed E-state index contributed by atoms with van der Waals surface area (Å²) in [6, 6.07) is 8.26. The van der Waals surface area contributed by atoms with Crippen molar-refractivity contribution in [2.45, 2.75) is 25.7 Å². The second-order valence-electron chi connectivity index (χ2n) is 6.42. The summed E-state index contributed by atoms with van der Waals surface area (Å²) < 4.78 is 27.7. The van der Waals surface area contributed by atoms with E-state index in [1.165, 1.54) is 11.8 Å². The molecule has 6 nitrogen and oxygen atoms in total. The Hall–Kier alpha value is -1.03. The normalized spacial score (nSPS) is 17.7. The highest BCUT2D eigenvalue weighted by molar-refractivity contribution is 14.0. The standard InChI is InChI=1S/C18H29N3O3S.HI/c1-4-19-18(20-11-5-13-25(3,22)23)21-12-10-16(14-21)15-6-8-17(24-2)9-7-15;/h6-9,16H,4-5,10-14H2,1-3H3,(H,19,20);1H. The van der Waals surface area contributed by atoms with Crippen molar-refractivity contribution in [3.8, 4) is 5.75 Å². The first kappa shape index (κ1) is 23.0.